The maximum atomic E-state index is 12.3. The van der Waals surface area contributed by atoms with Crippen molar-refractivity contribution in [3.63, 3.8) is 0 Å². The van der Waals surface area contributed by atoms with E-state index >= 15 is 0 Å². The molecule has 0 aliphatic rings. The van der Waals surface area contributed by atoms with Crippen LogP contribution >= 0.6 is 0 Å². The van der Waals surface area contributed by atoms with Crippen LogP contribution in [-0.4, -0.2) is 28.1 Å². The summed E-state index contributed by atoms with van der Waals surface area (Å²) in [6.07, 6.45) is 1.40. The summed E-state index contributed by atoms with van der Waals surface area (Å²) in [6, 6.07) is 9.59. The van der Waals surface area contributed by atoms with Gasteiger partial charge in [0, 0.05) is 10.9 Å². The number of para-hydroxylation sites is 1. The van der Waals surface area contributed by atoms with E-state index in [4.69, 9.17) is 0 Å². The number of carbonyl (C=O) groups is 1. The van der Waals surface area contributed by atoms with Gasteiger partial charge in [-0.25, -0.2) is 0 Å². The van der Waals surface area contributed by atoms with Crippen LogP contribution in [0.15, 0.2) is 30.3 Å². The molecule has 0 atom stereocenters. The van der Waals surface area contributed by atoms with E-state index in [-0.39, 0.29) is 12.5 Å². The summed E-state index contributed by atoms with van der Waals surface area (Å²) in [7, 11) is 0. The molecule has 0 saturated carbocycles. The van der Waals surface area contributed by atoms with E-state index in [0.717, 1.165) is 10.9 Å². The molecule has 0 bridgehead atoms. The molecule has 1 aromatic carbocycles. The maximum absolute atomic E-state index is 12.3. The van der Waals surface area contributed by atoms with Crippen LogP contribution in [0.1, 0.15) is 37.2 Å². The highest BCUT2D eigenvalue weighted by Gasteiger charge is 2.28. The summed E-state index contributed by atoms with van der Waals surface area (Å²) in [5, 5.41) is 13.4. The van der Waals surface area contributed by atoms with Crippen molar-refractivity contribution in [1.29, 1.82) is 0 Å². The molecule has 0 unspecified atom stereocenters. The number of nitrogens with one attached hydrogen (secondary N) is 2. The molecule has 0 fully saturated rings. The van der Waals surface area contributed by atoms with Gasteiger partial charge in [-0.05, 0) is 25.0 Å². The monoisotopic (exact) mass is 260 g/mol. The Labute approximate surface area is 112 Å². The van der Waals surface area contributed by atoms with Gasteiger partial charge in [0.05, 0.1) is 12.1 Å². The van der Waals surface area contributed by atoms with Gasteiger partial charge in [0.25, 0.3) is 5.91 Å². The first-order valence-corrected chi connectivity index (χ1v) is 6.65. The normalized spacial score (nSPS) is 11.7. The lowest BCUT2D eigenvalue weighted by Gasteiger charge is -2.30. The van der Waals surface area contributed by atoms with Gasteiger partial charge in [-0.15, -0.1) is 0 Å². The third-order valence-electron chi connectivity index (χ3n) is 3.81. The fourth-order valence-electron chi connectivity index (χ4n) is 2.19. The Morgan fingerprint density at radius 2 is 2.00 bits per heavy atom. The van der Waals surface area contributed by atoms with Gasteiger partial charge in [0.1, 0.15) is 5.69 Å². The minimum atomic E-state index is -0.533. The van der Waals surface area contributed by atoms with Crippen molar-refractivity contribution < 1.29 is 9.90 Å². The Morgan fingerprint density at radius 1 is 1.32 bits per heavy atom. The van der Waals surface area contributed by atoms with Gasteiger partial charge < -0.3 is 15.4 Å². The van der Waals surface area contributed by atoms with Crippen molar-refractivity contribution in [1.82, 2.24) is 10.3 Å². The van der Waals surface area contributed by atoms with Crippen molar-refractivity contribution in [3.8, 4) is 0 Å². The van der Waals surface area contributed by atoms with Crippen LogP contribution in [0.4, 0.5) is 0 Å². The topological polar surface area (TPSA) is 65.1 Å². The number of carbonyl (C=O) groups excluding carboxylic acids is 1. The van der Waals surface area contributed by atoms with Crippen LogP contribution in [0.3, 0.4) is 0 Å². The Morgan fingerprint density at radius 3 is 2.58 bits per heavy atom. The third-order valence-corrected chi connectivity index (χ3v) is 3.81. The average Bonchev–Trinajstić information content (AvgIpc) is 2.89. The number of benzene rings is 1. The number of aromatic nitrogens is 1. The van der Waals surface area contributed by atoms with Gasteiger partial charge in [-0.3, -0.25) is 4.79 Å². The van der Waals surface area contributed by atoms with Crippen LogP contribution in [-0.2, 0) is 0 Å². The van der Waals surface area contributed by atoms with Crippen molar-refractivity contribution in [2.75, 3.05) is 6.61 Å². The Balaban J connectivity index is 2.24. The Hall–Kier alpha value is -1.81. The molecular weight excluding hydrogens is 240 g/mol. The lowest BCUT2D eigenvalue weighted by atomic mass is 9.94. The Bertz CT molecular complexity index is 529. The molecule has 0 spiro atoms. The van der Waals surface area contributed by atoms with Gasteiger partial charge >= 0.3 is 0 Å². The third kappa shape index (κ3) is 2.63. The molecule has 19 heavy (non-hydrogen) atoms. The van der Waals surface area contributed by atoms with E-state index in [1.54, 1.807) is 0 Å². The molecule has 2 aromatic rings. The van der Waals surface area contributed by atoms with E-state index in [9.17, 15) is 9.90 Å². The highest BCUT2D eigenvalue weighted by atomic mass is 16.3. The van der Waals surface area contributed by atoms with Crippen molar-refractivity contribution in [2.24, 2.45) is 0 Å². The van der Waals surface area contributed by atoms with Gasteiger partial charge in [0.2, 0.25) is 0 Å². The SMILES string of the molecule is CCC(CC)(CO)NC(=O)c1cc2ccccc2[nH]1. The summed E-state index contributed by atoms with van der Waals surface area (Å²) in [5.74, 6) is -0.172. The summed E-state index contributed by atoms with van der Waals surface area (Å²) in [6.45, 7) is 3.88. The number of fused-ring (bicyclic) bond motifs is 1. The predicted octanol–water partition coefficient (Wildman–Crippen LogP) is 2.45. The predicted molar refractivity (Wildman–Crippen MR) is 76.2 cm³/mol. The second-order valence-corrected chi connectivity index (χ2v) is 4.87. The van der Waals surface area contributed by atoms with Crippen LogP contribution in [0.25, 0.3) is 10.9 Å². The number of hydrogen-bond acceptors (Lipinski definition) is 2. The molecule has 1 amide bonds. The second kappa shape index (κ2) is 5.45. The fraction of sp³-hybridized carbons (Fsp3) is 0.400. The number of H-pyrrole nitrogens is 1. The number of aliphatic hydroxyl groups excluding tert-OH is 1. The van der Waals surface area contributed by atoms with E-state index in [2.05, 4.69) is 10.3 Å². The standard InChI is InChI=1S/C15H20N2O2/c1-3-15(4-2,10-18)17-14(19)13-9-11-7-5-6-8-12(11)16-13/h5-9,16,18H,3-4,10H2,1-2H3,(H,17,19). The van der Waals surface area contributed by atoms with Gasteiger partial charge in [0.15, 0.2) is 0 Å². The first-order valence-electron chi connectivity index (χ1n) is 6.65. The van der Waals surface area contributed by atoms with Crippen LogP contribution in [0, 0.1) is 0 Å². The molecule has 2 rings (SSSR count). The lowest BCUT2D eigenvalue weighted by Crippen LogP contribution is -2.50. The zero-order chi connectivity index (χ0) is 13.9. The van der Waals surface area contributed by atoms with Crippen molar-refractivity contribution in [2.45, 2.75) is 32.2 Å². The number of rotatable bonds is 5. The molecule has 0 saturated heterocycles. The maximum Gasteiger partial charge on any atom is 0.268 e. The highest BCUT2D eigenvalue weighted by molar-refractivity contribution is 5.98. The number of aromatic amines is 1. The van der Waals surface area contributed by atoms with E-state index in [1.807, 2.05) is 44.2 Å². The Kier molecular flexibility index (Phi) is 3.90. The molecule has 1 heterocycles. The van der Waals surface area contributed by atoms with Gasteiger partial charge in [-0.1, -0.05) is 32.0 Å². The molecule has 0 radical (unpaired) electrons. The molecule has 102 valence electrons. The largest absolute Gasteiger partial charge is 0.394 e. The molecule has 4 heteroatoms. The molecular formula is C15H20N2O2. The number of amides is 1. The smallest absolute Gasteiger partial charge is 0.268 e. The van der Waals surface area contributed by atoms with Gasteiger partial charge in [-0.2, -0.15) is 0 Å². The van der Waals surface area contributed by atoms with E-state index in [1.165, 1.54) is 0 Å². The van der Waals surface area contributed by atoms with Crippen molar-refractivity contribution >= 4 is 16.8 Å². The molecule has 1 aromatic heterocycles. The van der Waals surface area contributed by atoms with Crippen LogP contribution in [0.5, 0.6) is 0 Å². The van der Waals surface area contributed by atoms with Crippen molar-refractivity contribution in [3.05, 3.63) is 36.0 Å². The highest BCUT2D eigenvalue weighted by Crippen LogP contribution is 2.18. The fourth-order valence-corrected chi connectivity index (χ4v) is 2.19. The summed E-state index contributed by atoms with van der Waals surface area (Å²) < 4.78 is 0. The van der Waals surface area contributed by atoms with E-state index in [0.29, 0.717) is 18.5 Å². The zero-order valence-electron chi connectivity index (χ0n) is 11.4. The minimum absolute atomic E-state index is 0.0496. The quantitative estimate of drug-likeness (QED) is 0.773. The molecule has 0 aliphatic heterocycles. The first kappa shape index (κ1) is 13.6. The van der Waals surface area contributed by atoms with E-state index < -0.39 is 5.54 Å². The second-order valence-electron chi connectivity index (χ2n) is 4.87. The summed E-state index contributed by atoms with van der Waals surface area (Å²) in [5.41, 5.74) is 0.935. The summed E-state index contributed by atoms with van der Waals surface area (Å²) in [4.78, 5) is 15.3. The number of hydrogen-bond donors (Lipinski definition) is 3. The van der Waals surface area contributed by atoms with Crippen LogP contribution in [0.2, 0.25) is 0 Å². The molecule has 0 aliphatic carbocycles. The van der Waals surface area contributed by atoms with Crippen LogP contribution < -0.4 is 5.32 Å². The molecule has 3 N–H and O–H groups in total. The minimum Gasteiger partial charge on any atom is -0.394 e. The number of aliphatic hydroxyl groups is 1. The molecule has 4 nitrogen and oxygen atoms in total. The first-order chi connectivity index (χ1) is 9.14. The summed E-state index contributed by atoms with van der Waals surface area (Å²) >= 11 is 0. The lowest BCUT2D eigenvalue weighted by molar-refractivity contribution is 0.0813. The zero-order valence-corrected chi connectivity index (χ0v) is 11.4. The average molecular weight is 260 g/mol.